The highest BCUT2D eigenvalue weighted by atomic mass is 16.5. The molecular formula is C13H23N5O3. The lowest BCUT2D eigenvalue weighted by molar-refractivity contribution is -0.133. The van der Waals surface area contributed by atoms with E-state index in [2.05, 4.69) is 20.3 Å². The summed E-state index contributed by atoms with van der Waals surface area (Å²) in [4.78, 5) is 15.9. The van der Waals surface area contributed by atoms with Gasteiger partial charge in [-0.1, -0.05) is 0 Å². The van der Waals surface area contributed by atoms with Crippen molar-refractivity contribution in [2.24, 2.45) is 0 Å². The second-order valence-electron chi connectivity index (χ2n) is 5.14. The van der Waals surface area contributed by atoms with Crippen LogP contribution in [0.15, 0.2) is 6.20 Å². The molecule has 1 saturated heterocycles. The summed E-state index contributed by atoms with van der Waals surface area (Å²) in [6, 6.07) is 0. The molecule has 1 atom stereocenters. The fourth-order valence-corrected chi connectivity index (χ4v) is 2.42. The molecule has 8 heteroatoms. The predicted octanol–water partition coefficient (Wildman–Crippen LogP) is -0.764. The van der Waals surface area contributed by atoms with Crippen molar-refractivity contribution in [2.75, 3.05) is 39.4 Å². The number of carbonyl (C=O) groups excluding carboxylic acids is 1. The molecule has 0 spiro atoms. The van der Waals surface area contributed by atoms with Crippen molar-refractivity contribution in [3.63, 3.8) is 0 Å². The van der Waals surface area contributed by atoms with E-state index in [1.54, 1.807) is 11.1 Å². The van der Waals surface area contributed by atoms with Crippen LogP contribution in [-0.4, -0.2) is 81.7 Å². The van der Waals surface area contributed by atoms with Gasteiger partial charge in [0.2, 0.25) is 5.91 Å². The summed E-state index contributed by atoms with van der Waals surface area (Å²) in [7, 11) is 0. The van der Waals surface area contributed by atoms with Crippen LogP contribution in [0.1, 0.15) is 19.0 Å². The van der Waals surface area contributed by atoms with Gasteiger partial charge in [-0.05, 0) is 6.92 Å². The summed E-state index contributed by atoms with van der Waals surface area (Å²) in [6.45, 7) is 5.80. The maximum atomic E-state index is 12.1. The van der Waals surface area contributed by atoms with E-state index in [1.165, 1.54) is 0 Å². The second kappa shape index (κ2) is 8.06. The van der Waals surface area contributed by atoms with E-state index in [0.717, 1.165) is 5.69 Å². The van der Waals surface area contributed by atoms with Gasteiger partial charge in [-0.15, -0.1) is 0 Å². The Kier molecular flexibility index (Phi) is 6.09. The molecule has 1 aliphatic heterocycles. The Bertz CT molecular complexity index is 425. The Morgan fingerprint density at radius 1 is 1.52 bits per heavy atom. The van der Waals surface area contributed by atoms with E-state index in [-0.39, 0.29) is 5.91 Å². The molecule has 1 aromatic rings. The van der Waals surface area contributed by atoms with Gasteiger partial charge in [0.15, 0.2) is 0 Å². The number of hydrogen-bond acceptors (Lipinski definition) is 6. The van der Waals surface area contributed by atoms with E-state index >= 15 is 0 Å². The minimum atomic E-state index is -0.546. The number of β-amino-alcohol motifs (C(OH)–C–C–N with tert-alkyl or cyclic N) is 1. The van der Waals surface area contributed by atoms with Gasteiger partial charge in [0, 0.05) is 39.3 Å². The van der Waals surface area contributed by atoms with E-state index in [0.29, 0.717) is 52.4 Å². The number of carbonyl (C=O) groups is 1. The molecule has 2 N–H and O–H groups in total. The van der Waals surface area contributed by atoms with Crippen LogP contribution in [-0.2, 0) is 16.1 Å². The topological polar surface area (TPSA) is 94.6 Å². The number of H-pyrrole nitrogens is 1. The lowest BCUT2D eigenvalue weighted by atomic mass is 10.3. The Balaban J connectivity index is 1.83. The highest BCUT2D eigenvalue weighted by molar-refractivity contribution is 5.76. The predicted molar refractivity (Wildman–Crippen MR) is 75.4 cm³/mol. The van der Waals surface area contributed by atoms with Crippen LogP contribution in [0.5, 0.6) is 0 Å². The smallest absolute Gasteiger partial charge is 0.225 e. The molecule has 1 fully saturated rings. The number of aliphatic hydroxyl groups is 1. The van der Waals surface area contributed by atoms with Crippen molar-refractivity contribution < 1.29 is 14.6 Å². The highest BCUT2D eigenvalue weighted by Gasteiger charge is 2.24. The van der Waals surface area contributed by atoms with Crippen molar-refractivity contribution in [3.8, 4) is 0 Å². The first-order valence-corrected chi connectivity index (χ1v) is 7.29. The van der Waals surface area contributed by atoms with E-state index in [4.69, 9.17) is 4.74 Å². The zero-order chi connectivity index (χ0) is 15.1. The molecule has 0 unspecified atom stereocenters. The van der Waals surface area contributed by atoms with Crippen LogP contribution in [0, 0.1) is 0 Å². The monoisotopic (exact) mass is 297 g/mol. The Morgan fingerprint density at radius 3 is 3.10 bits per heavy atom. The average Bonchev–Trinajstić information content (AvgIpc) is 2.88. The van der Waals surface area contributed by atoms with Gasteiger partial charge < -0.3 is 14.7 Å². The Morgan fingerprint density at radius 2 is 2.38 bits per heavy atom. The van der Waals surface area contributed by atoms with Gasteiger partial charge in [-0.25, -0.2) is 0 Å². The quantitative estimate of drug-likeness (QED) is 0.670. The molecule has 8 nitrogen and oxygen atoms in total. The van der Waals surface area contributed by atoms with Gasteiger partial charge in [-0.3, -0.25) is 9.69 Å². The largest absolute Gasteiger partial charge is 0.390 e. The Labute approximate surface area is 124 Å². The number of ether oxygens (including phenoxy) is 1. The van der Waals surface area contributed by atoms with Crippen LogP contribution in [0.3, 0.4) is 0 Å². The van der Waals surface area contributed by atoms with Crippen molar-refractivity contribution in [1.82, 2.24) is 25.2 Å². The first-order chi connectivity index (χ1) is 10.2. The van der Waals surface area contributed by atoms with Crippen molar-refractivity contribution >= 4 is 5.91 Å². The van der Waals surface area contributed by atoms with Crippen LogP contribution in [0.2, 0.25) is 0 Å². The Hall–Kier alpha value is -1.51. The van der Waals surface area contributed by atoms with Crippen molar-refractivity contribution in [1.29, 1.82) is 0 Å². The maximum absolute atomic E-state index is 12.1. The zero-order valence-electron chi connectivity index (χ0n) is 12.4. The number of aromatic amines is 1. The number of hydrogen-bond donors (Lipinski definition) is 2. The standard InChI is InChI=1S/C13H23N5O3/c1-2-21-6-3-13(20)18-5-4-17(9-12(19)10-18)8-11-7-14-16-15-11/h7,12,19H,2-6,8-10H2,1H3,(H,14,15,16)/t12-/m1/s1. The minimum absolute atomic E-state index is 0.0331. The lowest BCUT2D eigenvalue weighted by Gasteiger charge is -2.21. The average molecular weight is 297 g/mol. The summed E-state index contributed by atoms with van der Waals surface area (Å²) in [5.74, 6) is 0.0331. The number of amides is 1. The molecule has 2 heterocycles. The van der Waals surface area contributed by atoms with Crippen molar-refractivity contribution in [3.05, 3.63) is 11.9 Å². The fourth-order valence-electron chi connectivity index (χ4n) is 2.42. The van der Waals surface area contributed by atoms with Gasteiger partial charge >= 0.3 is 0 Å². The highest BCUT2D eigenvalue weighted by Crippen LogP contribution is 2.08. The maximum Gasteiger partial charge on any atom is 0.225 e. The van der Waals surface area contributed by atoms with Gasteiger partial charge in [0.1, 0.15) is 0 Å². The first-order valence-electron chi connectivity index (χ1n) is 7.29. The zero-order valence-corrected chi connectivity index (χ0v) is 12.4. The molecular weight excluding hydrogens is 274 g/mol. The summed E-state index contributed by atoms with van der Waals surface area (Å²) >= 11 is 0. The molecule has 0 bridgehead atoms. The van der Waals surface area contributed by atoms with E-state index in [9.17, 15) is 9.90 Å². The summed E-state index contributed by atoms with van der Waals surface area (Å²) in [5.41, 5.74) is 0.832. The molecule has 0 radical (unpaired) electrons. The van der Waals surface area contributed by atoms with Crippen LogP contribution < -0.4 is 0 Å². The number of nitrogens with zero attached hydrogens (tertiary/aromatic N) is 4. The van der Waals surface area contributed by atoms with Gasteiger partial charge in [0.05, 0.1) is 31.0 Å². The summed E-state index contributed by atoms with van der Waals surface area (Å²) in [5, 5.41) is 20.4. The second-order valence-corrected chi connectivity index (χ2v) is 5.14. The fraction of sp³-hybridized carbons (Fsp3) is 0.769. The molecule has 1 aromatic heterocycles. The van der Waals surface area contributed by atoms with Crippen LogP contribution >= 0.6 is 0 Å². The van der Waals surface area contributed by atoms with E-state index < -0.39 is 6.10 Å². The molecule has 21 heavy (non-hydrogen) atoms. The van der Waals surface area contributed by atoms with E-state index in [1.807, 2.05) is 6.92 Å². The summed E-state index contributed by atoms with van der Waals surface area (Å²) in [6.07, 6.45) is 1.49. The van der Waals surface area contributed by atoms with Gasteiger partial charge in [-0.2, -0.15) is 15.4 Å². The van der Waals surface area contributed by atoms with Crippen molar-refractivity contribution in [2.45, 2.75) is 26.0 Å². The third-order valence-corrected chi connectivity index (χ3v) is 3.45. The molecule has 0 aromatic carbocycles. The summed E-state index contributed by atoms with van der Waals surface area (Å²) < 4.78 is 5.21. The van der Waals surface area contributed by atoms with Crippen LogP contribution in [0.25, 0.3) is 0 Å². The molecule has 2 rings (SSSR count). The molecule has 1 aliphatic rings. The van der Waals surface area contributed by atoms with Gasteiger partial charge in [0.25, 0.3) is 0 Å². The number of rotatable bonds is 6. The molecule has 0 aliphatic carbocycles. The molecule has 118 valence electrons. The number of aliphatic hydroxyl groups excluding tert-OH is 1. The molecule has 1 amide bonds. The lowest BCUT2D eigenvalue weighted by Crippen LogP contribution is -2.38. The SMILES string of the molecule is CCOCCC(=O)N1CCN(Cc2cn[nH]n2)C[C@@H](O)C1. The third-order valence-electron chi connectivity index (χ3n) is 3.45. The normalized spacial score (nSPS) is 20.5. The minimum Gasteiger partial charge on any atom is -0.390 e. The van der Waals surface area contributed by atoms with Crippen LogP contribution in [0.4, 0.5) is 0 Å². The number of nitrogens with one attached hydrogen (secondary N) is 1. The third kappa shape index (κ3) is 5.07. The molecule has 0 saturated carbocycles. The first kappa shape index (κ1) is 15.9. The number of aromatic nitrogens is 3.